The normalized spacial score (nSPS) is 17.1. The maximum atomic E-state index is 5.26. The minimum atomic E-state index is 0.421. The summed E-state index contributed by atoms with van der Waals surface area (Å²) in [6.45, 7) is 2.93. The number of ether oxygens (including phenoxy) is 1. The predicted molar refractivity (Wildman–Crippen MR) is 65.6 cm³/mol. The number of rotatable bonds is 6. The molecule has 0 amide bonds. The standard InChI is InChI=1S/C13H20N2O/c1-3-10-5-4-8-14-13(10)15-12(9-16-2)11-6-7-11/h4-5,8,11-12H,3,6-7,9H2,1-2H3,(H,14,15). The van der Waals surface area contributed by atoms with E-state index in [1.165, 1.54) is 18.4 Å². The molecule has 0 radical (unpaired) electrons. The van der Waals surface area contributed by atoms with E-state index in [0.717, 1.165) is 24.8 Å². The molecule has 0 spiro atoms. The molecule has 1 aliphatic carbocycles. The molecule has 0 aromatic carbocycles. The van der Waals surface area contributed by atoms with Gasteiger partial charge in [0.15, 0.2) is 0 Å². The molecule has 1 unspecified atom stereocenters. The van der Waals surface area contributed by atoms with Crippen LogP contribution in [0.5, 0.6) is 0 Å². The second-order valence-corrected chi connectivity index (χ2v) is 4.41. The molecule has 0 saturated heterocycles. The van der Waals surface area contributed by atoms with Crippen molar-refractivity contribution < 1.29 is 4.74 Å². The fourth-order valence-corrected chi connectivity index (χ4v) is 2.00. The van der Waals surface area contributed by atoms with Gasteiger partial charge >= 0.3 is 0 Å². The monoisotopic (exact) mass is 220 g/mol. The summed E-state index contributed by atoms with van der Waals surface area (Å²) in [6.07, 6.45) is 5.49. The summed E-state index contributed by atoms with van der Waals surface area (Å²) in [5.41, 5.74) is 1.28. The van der Waals surface area contributed by atoms with Crippen LogP contribution in [-0.2, 0) is 11.2 Å². The molecule has 0 aliphatic heterocycles. The number of methoxy groups -OCH3 is 1. The topological polar surface area (TPSA) is 34.2 Å². The van der Waals surface area contributed by atoms with Gasteiger partial charge < -0.3 is 10.1 Å². The van der Waals surface area contributed by atoms with E-state index in [4.69, 9.17) is 4.74 Å². The summed E-state index contributed by atoms with van der Waals surface area (Å²) < 4.78 is 5.26. The Morgan fingerprint density at radius 2 is 2.38 bits per heavy atom. The second-order valence-electron chi connectivity index (χ2n) is 4.41. The summed E-state index contributed by atoms with van der Waals surface area (Å²) in [4.78, 5) is 4.42. The lowest BCUT2D eigenvalue weighted by Gasteiger charge is -2.19. The van der Waals surface area contributed by atoms with E-state index < -0.39 is 0 Å². The fraction of sp³-hybridized carbons (Fsp3) is 0.615. The van der Waals surface area contributed by atoms with Crippen LogP contribution in [0.1, 0.15) is 25.3 Å². The maximum Gasteiger partial charge on any atom is 0.129 e. The molecule has 1 saturated carbocycles. The van der Waals surface area contributed by atoms with Gasteiger partial charge in [-0.1, -0.05) is 13.0 Å². The zero-order valence-corrected chi connectivity index (χ0v) is 10.1. The molecule has 1 heterocycles. The second kappa shape index (κ2) is 5.30. The molecule has 0 bridgehead atoms. The van der Waals surface area contributed by atoms with Crippen molar-refractivity contribution in [1.82, 2.24) is 4.98 Å². The maximum absolute atomic E-state index is 5.26. The molecular formula is C13H20N2O. The Balaban J connectivity index is 2.05. The molecule has 1 aromatic rings. The third kappa shape index (κ3) is 2.73. The van der Waals surface area contributed by atoms with E-state index in [1.807, 2.05) is 12.3 Å². The number of hydrogen-bond donors (Lipinski definition) is 1. The van der Waals surface area contributed by atoms with E-state index in [1.54, 1.807) is 7.11 Å². The molecule has 3 nitrogen and oxygen atoms in total. The molecule has 16 heavy (non-hydrogen) atoms. The van der Waals surface area contributed by atoms with Crippen molar-refractivity contribution in [3.63, 3.8) is 0 Å². The first-order chi connectivity index (χ1) is 7.85. The lowest BCUT2D eigenvalue weighted by atomic mass is 10.1. The van der Waals surface area contributed by atoms with Crippen molar-refractivity contribution >= 4 is 5.82 Å². The van der Waals surface area contributed by atoms with Gasteiger partial charge in [0.05, 0.1) is 12.6 Å². The molecule has 1 atom stereocenters. The van der Waals surface area contributed by atoms with Gasteiger partial charge in [0.25, 0.3) is 0 Å². The summed E-state index contributed by atoms with van der Waals surface area (Å²) >= 11 is 0. The van der Waals surface area contributed by atoms with Crippen LogP contribution in [0.15, 0.2) is 18.3 Å². The Morgan fingerprint density at radius 3 is 3.00 bits per heavy atom. The van der Waals surface area contributed by atoms with Crippen molar-refractivity contribution in [3.8, 4) is 0 Å². The van der Waals surface area contributed by atoms with Crippen LogP contribution in [0.25, 0.3) is 0 Å². The number of aromatic nitrogens is 1. The molecule has 1 aliphatic rings. The quantitative estimate of drug-likeness (QED) is 0.799. The largest absolute Gasteiger partial charge is 0.383 e. The van der Waals surface area contributed by atoms with Crippen LogP contribution in [0.4, 0.5) is 5.82 Å². The average Bonchev–Trinajstić information content (AvgIpc) is 3.13. The molecule has 2 rings (SSSR count). The van der Waals surface area contributed by atoms with Crippen LogP contribution in [0.2, 0.25) is 0 Å². The van der Waals surface area contributed by atoms with E-state index in [9.17, 15) is 0 Å². The summed E-state index contributed by atoms with van der Waals surface area (Å²) in [5, 5.41) is 3.53. The first-order valence-electron chi connectivity index (χ1n) is 6.04. The zero-order valence-electron chi connectivity index (χ0n) is 10.1. The first kappa shape index (κ1) is 11.4. The van der Waals surface area contributed by atoms with Crippen molar-refractivity contribution in [2.75, 3.05) is 19.0 Å². The van der Waals surface area contributed by atoms with Crippen LogP contribution in [-0.4, -0.2) is 24.7 Å². The summed E-state index contributed by atoms with van der Waals surface area (Å²) in [6, 6.07) is 4.55. The van der Waals surface area contributed by atoms with E-state index in [2.05, 4.69) is 23.3 Å². The lowest BCUT2D eigenvalue weighted by Crippen LogP contribution is -2.28. The number of nitrogens with one attached hydrogen (secondary N) is 1. The molecular weight excluding hydrogens is 200 g/mol. The SMILES string of the molecule is CCc1cccnc1NC(COC)C1CC1. The first-order valence-corrected chi connectivity index (χ1v) is 6.04. The minimum Gasteiger partial charge on any atom is -0.383 e. The predicted octanol–water partition coefficient (Wildman–Crippen LogP) is 2.48. The highest BCUT2D eigenvalue weighted by Gasteiger charge is 2.31. The Bertz CT molecular complexity index is 336. The van der Waals surface area contributed by atoms with Gasteiger partial charge in [-0.2, -0.15) is 0 Å². The minimum absolute atomic E-state index is 0.421. The molecule has 3 heteroatoms. The highest BCUT2D eigenvalue weighted by Crippen LogP contribution is 2.34. The van der Waals surface area contributed by atoms with Gasteiger partial charge in [-0.05, 0) is 36.8 Å². The van der Waals surface area contributed by atoms with E-state index >= 15 is 0 Å². The van der Waals surface area contributed by atoms with Gasteiger partial charge in [-0.25, -0.2) is 4.98 Å². The molecule has 1 N–H and O–H groups in total. The summed E-state index contributed by atoms with van der Waals surface area (Å²) in [7, 11) is 1.76. The van der Waals surface area contributed by atoms with Crippen molar-refractivity contribution in [2.24, 2.45) is 5.92 Å². The zero-order chi connectivity index (χ0) is 11.4. The third-order valence-corrected chi connectivity index (χ3v) is 3.13. The van der Waals surface area contributed by atoms with Gasteiger partial charge in [-0.15, -0.1) is 0 Å². The number of hydrogen-bond acceptors (Lipinski definition) is 3. The molecule has 1 fully saturated rings. The van der Waals surface area contributed by atoms with E-state index in [0.29, 0.717) is 6.04 Å². The van der Waals surface area contributed by atoms with Crippen molar-refractivity contribution in [2.45, 2.75) is 32.2 Å². The fourth-order valence-electron chi connectivity index (χ4n) is 2.00. The van der Waals surface area contributed by atoms with Gasteiger partial charge in [0.2, 0.25) is 0 Å². The third-order valence-electron chi connectivity index (χ3n) is 3.13. The Labute approximate surface area is 97.2 Å². The van der Waals surface area contributed by atoms with Crippen LogP contribution >= 0.6 is 0 Å². The average molecular weight is 220 g/mol. The van der Waals surface area contributed by atoms with Gasteiger partial charge in [0.1, 0.15) is 5.82 Å². The lowest BCUT2D eigenvalue weighted by molar-refractivity contribution is 0.179. The molecule has 1 aromatic heterocycles. The molecule has 88 valence electrons. The number of nitrogens with zero attached hydrogens (tertiary/aromatic N) is 1. The number of aryl methyl sites for hydroxylation is 1. The highest BCUT2D eigenvalue weighted by atomic mass is 16.5. The Hall–Kier alpha value is -1.09. The number of pyridine rings is 1. The smallest absolute Gasteiger partial charge is 0.129 e. The Kier molecular flexibility index (Phi) is 3.78. The van der Waals surface area contributed by atoms with Crippen molar-refractivity contribution in [3.05, 3.63) is 23.9 Å². The Morgan fingerprint density at radius 1 is 1.56 bits per heavy atom. The van der Waals surface area contributed by atoms with E-state index in [-0.39, 0.29) is 0 Å². The van der Waals surface area contributed by atoms with Crippen LogP contribution in [0, 0.1) is 5.92 Å². The van der Waals surface area contributed by atoms with Crippen molar-refractivity contribution in [1.29, 1.82) is 0 Å². The van der Waals surface area contributed by atoms with Gasteiger partial charge in [-0.3, -0.25) is 0 Å². The van der Waals surface area contributed by atoms with Crippen LogP contribution in [0.3, 0.4) is 0 Å². The highest BCUT2D eigenvalue weighted by molar-refractivity contribution is 5.44. The summed E-state index contributed by atoms with van der Waals surface area (Å²) in [5.74, 6) is 1.80. The van der Waals surface area contributed by atoms with Gasteiger partial charge in [0, 0.05) is 13.3 Å². The number of anilines is 1. The van der Waals surface area contributed by atoms with Crippen LogP contribution < -0.4 is 5.32 Å².